The molecule has 0 aromatic rings. The Morgan fingerprint density at radius 2 is 0.537 bits per heavy atom. The van der Waals surface area contributed by atoms with Crippen molar-refractivity contribution in [2.45, 2.75) is 335 Å². The maximum atomic E-state index is 12.9. The first-order chi connectivity index (χ1) is 33.0. The molecule has 1 atom stereocenters. The Bertz CT molecular complexity index is 1080. The molecule has 0 fully saturated rings. The zero-order chi connectivity index (χ0) is 48.6. The van der Waals surface area contributed by atoms with E-state index in [9.17, 15) is 14.4 Å². The fraction of sp³-hybridized carbons (Fsp3) is 0.885. The molecule has 0 saturated heterocycles. The monoisotopic (exact) mass is 943 g/mol. The first-order valence-electron chi connectivity index (χ1n) is 29.8. The topological polar surface area (TPSA) is 78.9 Å². The Morgan fingerprint density at radius 1 is 0.299 bits per heavy atom. The summed E-state index contributed by atoms with van der Waals surface area (Å²) >= 11 is 0. The van der Waals surface area contributed by atoms with Gasteiger partial charge >= 0.3 is 17.9 Å². The predicted molar refractivity (Wildman–Crippen MR) is 289 cm³/mol. The Balaban J connectivity index is 4.33. The Hall–Kier alpha value is -2.11. The summed E-state index contributed by atoms with van der Waals surface area (Å²) in [4.78, 5) is 38.2. The summed E-state index contributed by atoms with van der Waals surface area (Å²) in [5, 5.41) is 0. The highest BCUT2D eigenvalue weighted by atomic mass is 16.6. The fourth-order valence-electron chi connectivity index (χ4n) is 8.95. The van der Waals surface area contributed by atoms with Gasteiger partial charge in [0.1, 0.15) is 13.2 Å². The summed E-state index contributed by atoms with van der Waals surface area (Å²) in [7, 11) is 0. The smallest absolute Gasteiger partial charge is 0.306 e. The van der Waals surface area contributed by atoms with E-state index in [-0.39, 0.29) is 31.1 Å². The summed E-state index contributed by atoms with van der Waals surface area (Å²) in [6.45, 7) is 6.66. The van der Waals surface area contributed by atoms with Gasteiger partial charge in [0.05, 0.1) is 0 Å². The molecule has 0 aromatic heterocycles. The Morgan fingerprint density at radius 3 is 0.851 bits per heavy atom. The van der Waals surface area contributed by atoms with E-state index in [1.807, 2.05) is 0 Å². The first-order valence-corrected chi connectivity index (χ1v) is 29.8. The van der Waals surface area contributed by atoms with E-state index in [1.165, 1.54) is 212 Å². The molecule has 6 heteroatoms. The van der Waals surface area contributed by atoms with Crippen molar-refractivity contribution in [1.29, 1.82) is 0 Å². The summed E-state index contributed by atoms with van der Waals surface area (Å²) in [6, 6.07) is 0. The van der Waals surface area contributed by atoms with Crippen LogP contribution in [0.1, 0.15) is 329 Å². The van der Waals surface area contributed by atoms with Crippen LogP contribution in [0.25, 0.3) is 0 Å². The Labute approximate surface area is 417 Å². The standard InChI is InChI=1S/C61H114O6/c1-4-7-10-13-16-19-22-25-28-30-33-36-39-42-45-48-51-54-60(63)66-57-58(56-65-59(62)53-50-47-44-41-38-35-32-27-24-21-18-15-12-9-6-3)67-61(64)55-52-49-46-43-40-37-34-31-29-26-23-20-17-14-11-8-5-2/h18,21,27,32,58H,4-17,19-20,22-26,28-31,33-57H2,1-3H3/t58-/m1/s1. The van der Waals surface area contributed by atoms with Gasteiger partial charge in [0.2, 0.25) is 0 Å². The van der Waals surface area contributed by atoms with Crippen LogP contribution in [0.5, 0.6) is 0 Å². The van der Waals surface area contributed by atoms with Crippen molar-refractivity contribution in [2.24, 2.45) is 0 Å². The molecule has 0 amide bonds. The molecule has 0 bridgehead atoms. The molecule has 67 heavy (non-hydrogen) atoms. The minimum Gasteiger partial charge on any atom is -0.462 e. The van der Waals surface area contributed by atoms with Crippen molar-refractivity contribution in [3.05, 3.63) is 24.3 Å². The molecule has 0 aliphatic heterocycles. The van der Waals surface area contributed by atoms with Crippen LogP contribution in [-0.4, -0.2) is 37.2 Å². The largest absolute Gasteiger partial charge is 0.462 e. The third-order valence-corrected chi connectivity index (χ3v) is 13.5. The second-order valence-corrected chi connectivity index (χ2v) is 20.3. The summed E-state index contributed by atoms with van der Waals surface area (Å²) in [6.07, 6.45) is 65.9. The third kappa shape index (κ3) is 54.7. The lowest BCUT2D eigenvalue weighted by atomic mass is 10.0. The molecule has 0 radical (unpaired) electrons. The number of ether oxygens (including phenoxy) is 3. The molecule has 0 saturated carbocycles. The second kappa shape index (κ2) is 56.5. The first kappa shape index (κ1) is 64.9. The van der Waals surface area contributed by atoms with E-state index in [2.05, 4.69) is 45.1 Å². The molecule has 0 aliphatic carbocycles. The average Bonchev–Trinajstić information content (AvgIpc) is 3.33. The maximum absolute atomic E-state index is 12.9. The lowest BCUT2D eigenvalue weighted by Gasteiger charge is -2.18. The Kier molecular flexibility index (Phi) is 54.7. The average molecular weight is 944 g/mol. The quantitative estimate of drug-likeness (QED) is 0.0262. The van der Waals surface area contributed by atoms with Gasteiger partial charge in [-0.15, -0.1) is 0 Å². The van der Waals surface area contributed by atoms with Crippen molar-refractivity contribution >= 4 is 17.9 Å². The van der Waals surface area contributed by atoms with Crippen LogP contribution in [0.2, 0.25) is 0 Å². The van der Waals surface area contributed by atoms with Gasteiger partial charge in [-0.25, -0.2) is 0 Å². The summed E-state index contributed by atoms with van der Waals surface area (Å²) in [5.74, 6) is -0.860. The van der Waals surface area contributed by atoms with Crippen molar-refractivity contribution in [2.75, 3.05) is 13.2 Å². The van der Waals surface area contributed by atoms with Crippen LogP contribution in [-0.2, 0) is 28.6 Å². The molecule has 0 aromatic carbocycles. The molecule has 0 rings (SSSR count). The van der Waals surface area contributed by atoms with Crippen LogP contribution in [0, 0.1) is 0 Å². The number of carbonyl (C=O) groups excluding carboxylic acids is 3. The third-order valence-electron chi connectivity index (χ3n) is 13.5. The number of hydrogen-bond donors (Lipinski definition) is 0. The van der Waals surface area contributed by atoms with E-state index in [4.69, 9.17) is 14.2 Å². The minimum absolute atomic E-state index is 0.0699. The van der Waals surface area contributed by atoms with Crippen LogP contribution in [0.3, 0.4) is 0 Å². The molecule has 6 nitrogen and oxygen atoms in total. The van der Waals surface area contributed by atoms with E-state index in [0.717, 1.165) is 77.0 Å². The SMILES string of the molecule is CCCCCC=CCC=CCCCCCCCC(=O)OC[C@H](COC(=O)CCCCCCCCCCCCCCCCCCC)OC(=O)CCCCCCCCCCCCCCCCCCC. The molecular formula is C61H114O6. The number of rotatable bonds is 55. The molecule has 0 N–H and O–H groups in total. The van der Waals surface area contributed by atoms with Crippen LogP contribution in [0.4, 0.5) is 0 Å². The predicted octanol–water partition coefficient (Wildman–Crippen LogP) is 19.9. The van der Waals surface area contributed by atoms with Crippen LogP contribution >= 0.6 is 0 Å². The number of carbonyl (C=O) groups is 3. The molecule has 0 unspecified atom stereocenters. The highest BCUT2D eigenvalue weighted by molar-refractivity contribution is 5.71. The number of unbranched alkanes of at least 4 members (excludes halogenated alkanes) is 40. The molecule has 394 valence electrons. The second-order valence-electron chi connectivity index (χ2n) is 20.3. The van der Waals surface area contributed by atoms with Crippen molar-refractivity contribution in [1.82, 2.24) is 0 Å². The summed E-state index contributed by atoms with van der Waals surface area (Å²) < 4.78 is 16.9. The van der Waals surface area contributed by atoms with Crippen LogP contribution in [0.15, 0.2) is 24.3 Å². The van der Waals surface area contributed by atoms with E-state index < -0.39 is 6.10 Å². The van der Waals surface area contributed by atoms with Gasteiger partial charge in [0.25, 0.3) is 0 Å². The highest BCUT2D eigenvalue weighted by Crippen LogP contribution is 2.17. The van der Waals surface area contributed by atoms with Gasteiger partial charge in [-0.2, -0.15) is 0 Å². The van der Waals surface area contributed by atoms with Crippen LogP contribution < -0.4 is 0 Å². The van der Waals surface area contributed by atoms with E-state index in [0.29, 0.717) is 19.3 Å². The number of esters is 3. The maximum Gasteiger partial charge on any atom is 0.306 e. The molecule has 0 spiro atoms. The molecule has 0 aliphatic rings. The van der Waals surface area contributed by atoms with Gasteiger partial charge in [0.15, 0.2) is 6.10 Å². The molecule has 0 heterocycles. The van der Waals surface area contributed by atoms with Crippen molar-refractivity contribution in [3.8, 4) is 0 Å². The number of hydrogen-bond acceptors (Lipinski definition) is 6. The molecular weight excluding hydrogens is 829 g/mol. The van der Waals surface area contributed by atoms with Crippen molar-refractivity contribution < 1.29 is 28.6 Å². The lowest BCUT2D eigenvalue weighted by Crippen LogP contribution is -2.30. The lowest BCUT2D eigenvalue weighted by molar-refractivity contribution is -0.167. The minimum atomic E-state index is -0.772. The number of allylic oxidation sites excluding steroid dienone is 4. The zero-order valence-electron chi connectivity index (χ0n) is 45.2. The normalized spacial score (nSPS) is 12.1. The van der Waals surface area contributed by atoms with Gasteiger partial charge in [-0.1, -0.05) is 283 Å². The van der Waals surface area contributed by atoms with E-state index in [1.54, 1.807) is 0 Å². The van der Waals surface area contributed by atoms with Gasteiger partial charge in [-0.05, 0) is 51.4 Å². The van der Waals surface area contributed by atoms with Crippen molar-refractivity contribution in [3.63, 3.8) is 0 Å². The highest BCUT2D eigenvalue weighted by Gasteiger charge is 2.19. The fourth-order valence-corrected chi connectivity index (χ4v) is 8.95. The van der Waals surface area contributed by atoms with Gasteiger partial charge < -0.3 is 14.2 Å². The zero-order valence-corrected chi connectivity index (χ0v) is 45.2. The van der Waals surface area contributed by atoms with Gasteiger partial charge in [0, 0.05) is 19.3 Å². The van der Waals surface area contributed by atoms with E-state index >= 15 is 0 Å². The summed E-state index contributed by atoms with van der Waals surface area (Å²) in [5.41, 5.74) is 0. The van der Waals surface area contributed by atoms with Gasteiger partial charge in [-0.3, -0.25) is 14.4 Å².